The molecule has 21 heavy (non-hydrogen) atoms. The smallest absolute Gasteiger partial charge is 0.323 e. The minimum atomic E-state index is -1.34. The van der Waals surface area contributed by atoms with Crippen LogP contribution in [0.25, 0.3) is 0 Å². The number of urea groups is 1. The van der Waals surface area contributed by atoms with Gasteiger partial charge in [0.15, 0.2) is 0 Å². The standard InChI is InChI=1S/C12H21N3O6/c1-4-14(5-2)11(20)8(3)13-12(21)15(6-9(16)17)7-10(18)19/h8H,4-7H2,1-3H3,(H,13,21)(H,16,17)(H,18,19). The molecule has 0 heterocycles. The van der Waals surface area contributed by atoms with Crippen LogP contribution in [-0.2, 0) is 14.4 Å². The Morgan fingerprint density at radius 3 is 1.71 bits per heavy atom. The van der Waals surface area contributed by atoms with Crippen LogP contribution in [0.5, 0.6) is 0 Å². The van der Waals surface area contributed by atoms with Gasteiger partial charge in [-0.25, -0.2) is 4.79 Å². The molecule has 0 saturated carbocycles. The minimum absolute atomic E-state index is 0.320. The van der Waals surface area contributed by atoms with Crippen LogP contribution in [-0.4, -0.2) is 76.1 Å². The number of likely N-dealkylation sites (N-methyl/N-ethyl adjacent to an activating group) is 1. The third-order valence-corrected chi connectivity index (χ3v) is 2.72. The molecule has 9 heteroatoms. The summed E-state index contributed by atoms with van der Waals surface area (Å²) in [7, 11) is 0. The Morgan fingerprint density at radius 1 is 0.952 bits per heavy atom. The molecule has 3 N–H and O–H groups in total. The maximum Gasteiger partial charge on any atom is 0.323 e. The molecule has 9 nitrogen and oxygen atoms in total. The highest BCUT2D eigenvalue weighted by molar-refractivity contribution is 5.89. The van der Waals surface area contributed by atoms with Gasteiger partial charge in [0, 0.05) is 13.1 Å². The molecular formula is C12H21N3O6. The Bertz CT molecular complexity index is 392. The van der Waals surface area contributed by atoms with Gasteiger partial charge >= 0.3 is 18.0 Å². The van der Waals surface area contributed by atoms with Crippen LogP contribution in [0.1, 0.15) is 20.8 Å². The molecule has 0 aromatic carbocycles. The van der Waals surface area contributed by atoms with Crippen molar-refractivity contribution < 1.29 is 29.4 Å². The summed E-state index contributed by atoms with van der Waals surface area (Å²) in [6, 6.07) is -1.78. The van der Waals surface area contributed by atoms with Crippen LogP contribution in [0.4, 0.5) is 4.79 Å². The van der Waals surface area contributed by atoms with Crippen molar-refractivity contribution in [3.8, 4) is 0 Å². The Labute approximate surface area is 122 Å². The normalized spacial score (nSPS) is 11.4. The predicted octanol–water partition coefficient (Wildman–Crippen LogP) is -0.576. The molecule has 3 amide bonds. The van der Waals surface area contributed by atoms with E-state index in [1.54, 1.807) is 13.8 Å². The first-order chi connectivity index (χ1) is 9.72. The molecule has 0 aliphatic carbocycles. The van der Waals surface area contributed by atoms with Crippen LogP contribution in [0.15, 0.2) is 0 Å². The van der Waals surface area contributed by atoms with Crippen molar-refractivity contribution in [1.29, 1.82) is 0 Å². The zero-order chi connectivity index (χ0) is 16.6. The van der Waals surface area contributed by atoms with Gasteiger partial charge in [0.1, 0.15) is 19.1 Å². The number of hydrogen-bond acceptors (Lipinski definition) is 4. The third kappa shape index (κ3) is 6.59. The number of nitrogens with zero attached hydrogens (tertiary/aromatic N) is 2. The predicted molar refractivity (Wildman–Crippen MR) is 72.8 cm³/mol. The lowest BCUT2D eigenvalue weighted by Gasteiger charge is -2.26. The largest absolute Gasteiger partial charge is 0.480 e. The lowest BCUT2D eigenvalue weighted by atomic mass is 10.3. The summed E-state index contributed by atoms with van der Waals surface area (Å²) in [5, 5.41) is 19.6. The fourth-order valence-corrected chi connectivity index (χ4v) is 1.67. The highest BCUT2D eigenvalue weighted by Gasteiger charge is 2.25. The van der Waals surface area contributed by atoms with Gasteiger partial charge in [-0.2, -0.15) is 0 Å². The van der Waals surface area contributed by atoms with Crippen molar-refractivity contribution in [3.63, 3.8) is 0 Å². The van der Waals surface area contributed by atoms with Crippen LogP contribution in [0.2, 0.25) is 0 Å². The van der Waals surface area contributed by atoms with Gasteiger partial charge in [0.25, 0.3) is 0 Å². The fourth-order valence-electron chi connectivity index (χ4n) is 1.67. The van der Waals surface area contributed by atoms with E-state index in [9.17, 15) is 19.2 Å². The Hall–Kier alpha value is -2.32. The molecule has 120 valence electrons. The van der Waals surface area contributed by atoms with Gasteiger partial charge in [0.05, 0.1) is 0 Å². The third-order valence-electron chi connectivity index (χ3n) is 2.72. The molecule has 0 fully saturated rings. The second-order valence-corrected chi connectivity index (χ2v) is 4.33. The lowest BCUT2D eigenvalue weighted by Crippen LogP contribution is -2.52. The van der Waals surface area contributed by atoms with Crippen LogP contribution in [0, 0.1) is 0 Å². The fraction of sp³-hybridized carbons (Fsp3) is 0.667. The second kappa shape index (κ2) is 8.77. The van der Waals surface area contributed by atoms with Crippen LogP contribution in [0.3, 0.4) is 0 Å². The number of rotatable bonds is 8. The van der Waals surface area contributed by atoms with E-state index in [1.807, 2.05) is 0 Å². The summed E-state index contributed by atoms with van der Waals surface area (Å²) in [6.07, 6.45) is 0. The zero-order valence-corrected chi connectivity index (χ0v) is 12.3. The van der Waals surface area contributed by atoms with Crippen molar-refractivity contribution in [2.45, 2.75) is 26.8 Å². The molecule has 0 bridgehead atoms. The van der Waals surface area contributed by atoms with E-state index < -0.39 is 37.1 Å². The van der Waals surface area contributed by atoms with Crippen molar-refractivity contribution in [3.05, 3.63) is 0 Å². The minimum Gasteiger partial charge on any atom is -0.480 e. The number of aliphatic carboxylic acids is 2. The molecule has 0 aromatic rings. The first kappa shape index (κ1) is 18.7. The maximum atomic E-state index is 12.0. The molecule has 0 aromatic heterocycles. The molecule has 1 atom stereocenters. The van der Waals surface area contributed by atoms with E-state index in [4.69, 9.17) is 10.2 Å². The van der Waals surface area contributed by atoms with Crippen molar-refractivity contribution in [2.75, 3.05) is 26.2 Å². The second-order valence-electron chi connectivity index (χ2n) is 4.33. The molecule has 0 aliphatic rings. The molecule has 1 unspecified atom stereocenters. The van der Waals surface area contributed by atoms with Gasteiger partial charge in [-0.1, -0.05) is 0 Å². The van der Waals surface area contributed by atoms with Gasteiger partial charge in [-0.05, 0) is 20.8 Å². The van der Waals surface area contributed by atoms with Crippen LogP contribution >= 0.6 is 0 Å². The lowest BCUT2D eigenvalue weighted by molar-refractivity contribution is -0.140. The van der Waals surface area contributed by atoms with E-state index in [0.717, 1.165) is 0 Å². The van der Waals surface area contributed by atoms with E-state index in [1.165, 1.54) is 11.8 Å². The Balaban J connectivity index is 4.76. The summed E-state index contributed by atoms with van der Waals surface area (Å²) in [5.41, 5.74) is 0. The van der Waals surface area contributed by atoms with Gasteiger partial charge in [-0.15, -0.1) is 0 Å². The number of carboxylic acids is 2. The number of carbonyl (C=O) groups is 4. The number of carbonyl (C=O) groups excluding carboxylic acids is 2. The van der Waals surface area contributed by atoms with E-state index >= 15 is 0 Å². The van der Waals surface area contributed by atoms with Crippen molar-refractivity contribution in [1.82, 2.24) is 15.1 Å². The monoisotopic (exact) mass is 303 g/mol. The summed E-state index contributed by atoms with van der Waals surface area (Å²) in [6.45, 7) is 4.47. The van der Waals surface area contributed by atoms with Crippen LogP contribution < -0.4 is 5.32 Å². The van der Waals surface area contributed by atoms with Gasteiger partial charge in [-0.3, -0.25) is 14.4 Å². The van der Waals surface area contributed by atoms with Crippen molar-refractivity contribution >= 4 is 23.9 Å². The highest BCUT2D eigenvalue weighted by atomic mass is 16.4. The summed E-state index contributed by atoms with van der Waals surface area (Å²) in [4.78, 5) is 47.2. The number of hydrogen-bond donors (Lipinski definition) is 3. The molecule has 0 rings (SSSR count). The Morgan fingerprint density at radius 2 is 1.38 bits per heavy atom. The zero-order valence-electron chi connectivity index (χ0n) is 12.3. The maximum absolute atomic E-state index is 12.0. The van der Waals surface area contributed by atoms with E-state index in [2.05, 4.69) is 5.32 Å². The SMILES string of the molecule is CCN(CC)C(=O)C(C)NC(=O)N(CC(=O)O)CC(=O)O. The van der Waals surface area contributed by atoms with E-state index in [-0.39, 0.29) is 5.91 Å². The first-order valence-corrected chi connectivity index (χ1v) is 6.50. The summed E-state index contributed by atoms with van der Waals surface area (Å²) in [5.74, 6) is -3.00. The van der Waals surface area contributed by atoms with E-state index in [0.29, 0.717) is 18.0 Å². The quantitative estimate of drug-likeness (QED) is 0.550. The molecule has 0 radical (unpaired) electrons. The Kier molecular flexibility index (Phi) is 7.80. The number of amides is 3. The number of nitrogens with one attached hydrogen (secondary N) is 1. The molecule has 0 spiro atoms. The topological polar surface area (TPSA) is 127 Å². The average molecular weight is 303 g/mol. The number of carboxylic acid groups (broad SMARTS) is 2. The molecular weight excluding hydrogens is 282 g/mol. The summed E-state index contributed by atoms with van der Waals surface area (Å²) >= 11 is 0. The highest BCUT2D eigenvalue weighted by Crippen LogP contribution is 1.97. The molecule has 0 aliphatic heterocycles. The van der Waals surface area contributed by atoms with Gasteiger partial charge in [0.2, 0.25) is 5.91 Å². The molecule has 0 saturated heterocycles. The average Bonchev–Trinajstić information content (AvgIpc) is 2.37. The van der Waals surface area contributed by atoms with Crippen molar-refractivity contribution in [2.24, 2.45) is 0 Å². The summed E-state index contributed by atoms with van der Waals surface area (Å²) < 4.78 is 0. The first-order valence-electron chi connectivity index (χ1n) is 6.50. The van der Waals surface area contributed by atoms with Gasteiger partial charge < -0.3 is 25.3 Å².